The first-order valence-corrected chi connectivity index (χ1v) is 8.44. The molecule has 128 valence electrons. The van der Waals surface area contributed by atoms with Crippen molar-refractivity contribution >= 4 is 5.91 Å². The lowest BCUT2D eigenvalue weighted by Crippen LogP contribution is -2.28. The Morgan fingerprint density at radius 3 is 2.56 bits per heavy atom. The molecule has 0 aliphatic carbocycles. The summed E-state index contributed by atoms with van der Waals surface area (Å²) < 4.78 is 1.75. The topological polar surface area (TPSA) is 59.8 Å². The predicted octanol–water partition coefficient (Wildman–Crippen LogP) is 3.29. The van der Waals surface area contributed by atoms with Crippen molar-refractivity contribution in [3.63, 3.8) is 0 Å². The minimum Gasteiger partial charge on any atom is -0.351 e. The van der Waals surface area contributed by atoms with Crippen molar-refractivity contribution < 1.29 is 4.79 Å². The number of aryl methyl sites for hydroxylation is 1. The van der Waals surface area contributed by atoms with Crippen molar-refractivity contribution in [1.82, 2.24) is 20.1 Å². The summed E-state index contributed by atoms with van der Waals surface area (Å²) in [6.07, 6.45) is 6.28. The molecule has 5 heteroatoms. The zero-order valence-corrected chi connectivity index (χ0v) is 14.5. The van der Waals surface area contributed by atoms with Gasteiger partial charge in [-0.3, -0.25) is 14.5 Å². The van der Waals surface area contributed by atoms with Gasteiger partial charge in [0.15, 0.2) is 0 Å². The van der Waals surface area contributed by atoms with Gasteiger partial charge in [-0.05, 0) is 23.6 Å². The second kappa shape index (κ2) is 7.75. The fraction of sp³-hybridized carbons (Fsp3) is 0.250. The maximum absolute atomic E-state index is 12.5. The summed E-state index contributed by atoms with van der Waals surface area (Å²) in [6.45, 7) is 2.50. The van der Waals surface area contributed by atoms with Gasteiger partial charge in [0.05, 0.1) is 17.8 Å². The molecule has 0 aliphatic rings. The van der Waals surface area contributed by atoms with Crippen LogP contribution in [0.25, 0.3) is 11.3 Å². The van der Waals surface area contributed by atoms with Crippen LogP contribution in [0.1, 0.15) is 30.4 Å². The quantitative estimate of drug-likeness (QED) is 0.752. The van der Waals surface area contributed by atoms with Crippen LogP contribution in [0.3, 0.4) is 0 Å². The number of amides is 1. The first-order chi connectivity index (χ1) is 12.2. The fourth-order valence-electron chi connectivity index (χ4n) is 2.82. The molecule has 1 N–H and O–H groups in total. The number of hydrogen-bond donors (Lipinski definition) is 1. The van der Waals surface area contributed by atoms with E-state index in [1.165, 1.54) is 0 Å². The Morgan fingerprint density at radius 1 is 1.16 bits per heavy atom. The number of nitrogens with one attached hydrogen (secondary N) is 1. The maximum Gasteiger partial charge on any atom is 0.227 e. The fourth-order valence-corrected chi connectivity index (χ4v) is 2.82. The summed E-state index contributed by atoms with van der Waals surface area (Å²) in [5, 5.41) is 7.17. The molecule has 1 atom stereocenters. The predicted molar refractivity (Wildman–Crippen MR) is 97.8 cm³/mol. The molecule has 0 fully saturated rings. The van der Waals surface area contributed by atoms with Crippen LogP contribution in [0.15, 0.2) is 61.1 Å². The molecule has 5 nitrogen and oxygen atoms in total. The number of pyridine rings is 1. The van der Waals surface area contributed by atoms with Crippen LogP contribution in [-0.4, -0.2) is 20.7 Å². The molecular weight excluding hydrogens is 312 g/mol. The van der Waals surface area contributed by atoms with Crippen molar-refractivity contribution in [3.05, 3.63) is 72.2 Å². The molecule has 1 amide bonds. The lowest BCUT2D eigenvalue weighted by molar-refractivity contribution is -0.122. The van der Waals surface area contributed by atoms with Gasteiger partial charge in [-0.25, -0.2) is 0 Å². The molecule has 0 bridgehead atoms. The molecule has 2 heterocycles. The smallest absolute Gasteiger partial charge is 0.227 e. The Hall–Kier alpha value is -2.95. The Kier molecular flexibility index (Phi) is 5.23. The van der Waals surface area contributed by atoms with E-state index in [4.69, 9.17) is 0 Å². The molecular formula is C20H22N4O. The molecule has 0 aliphatic heterocycles. The van der Waals surface area contributed by atoms with E-state index in [0.717, 1.165) is 28.8 Å². The molecule has 25 heavy (non-hydrogen) atoms. The van der Waals surface area contributed by atoms with Crippen molar-refractivity contribution in [2.45, 2.75) is 25.8 Å². The Balaban J connectivity index is 1.62. The van der Waals surface area contributed by atoms with Gasteiger partial charge in [-0.2, -0.15) is 5.10 Å². The molecule has 0 saturated heterocycles. The Bertz CT molecular complexity index is 824. The normalized spacial score (nSPS) is 11.9. The molecule has 0 unspecified atom stereocenters. The van der Waals surface area contributed by atoms with Crippen LogP contribution in [0.4, 0.5) is 0 Å². The van der Waals surface area contributed by atoms with Crippen molar-refractivity contribution in [1.29, 1.82) is 0 Å². The van der Waals surface area contributed by atoms with Crippen molar-refractivity contribution in [3.8, 4) is 11.3 Å². The number of hydrogen-bond acceptors (Lipinski definition) is 3. The second-order valence-electron chi connectivity index (χ2n) is 6.04. The van der Waals surface area contributed by atoms with Crippen LogP contribution in [0, 0.1) is 0 Å². The monoisotopic (exact) mass is 334 g/mol. The van der Waals surface area contributed by atoms with Crippen LogP contribution in [0.5, 0.6) is 0 Å². The molecule has 0 saturated carbocycles. The Morgan fingerprint density at radius 2 is 1.96 bits per heavy atom. The highest BCUT2D eigenvalue weighted by atomic mass is 16.1. The maximum atomic E-state index is 12.5. The second-order valence-corrected chi connectivity index (χ2v) is 6.04. The van der Waals surface area contributed by atoms with E-state index in [9.17, 15) is 4.79 Å². The number of benzene rings is 1. The van der Waals surface area contributed by atoms with E-state index in [0.29, 0.717) is 6.54 Å². The Labute approximate surface area is 147 Å². The van der Waals surface area contributed by atoms with E-state index in [2.05, 4.69) is 15.4 Å². The number of rotatable bonds is 6. The molecule has 3 rings (SSSR count). The summed E-state index contributed by atoms with van der Waals surface area (Å²) in [6, 6.07) is 13.8. The van der Waals surface area contributed by atoms with Gasteiger partial charge in [-0.15, -0.1) is 0 Å². The molecule has 3 aromatic rings. The summed E-state index contributed by atoms with van der Waals surface area (Å²) in [4.78, 5) is 17.0. The largest absolute Gasteiger partial charge is 0.351 e. The highest BCUT2D eigenvalue weighted by Crippen LogP contribution is 2.20. The highest BCUT2D eigenvalue weighted by molar-refractivity contribution is 5.83. The van der Waals surface area contributed by atoms with Crippen molar-refractivity contribution in [2.75, 3.05) is 0 Å². The van der Waals surface area contributed by atoms with E-state index in [1.54, 1.807) is 17.1 Å². The first-order valence-electron chi connectivity index (χ1n) is 8.44. The minimum absolute atomic E-state index is 0.0463. The molecule has 0 spiro atoms. The van der Waals surface area contributed by atoms with Gasteiger partial charge < -0.3 is 5.32 Å². The average molecular weight is 334 g/mol. The van der Waals surface area contributed by atoms with Crippen LogP contribution >= 0.6 is 0 Å². The molecule has 1 aromatic carbocycles. The van der Waals surface area contributed by atoms with Crippen LogP contribution < -0.4 is 5.32 Å². The number of carbonyl (C=O) groups excluding carboxylic acids is 1. The third-order valence-electron chi connectivity index (χ3n) is 4.22. The van der Waals surface area contributed by atoms with E-state index < -0.39 is 0 Å². The summed E-state index contributed by atoms with van der Waals surface area (Å²) in [5.41, 5.74) is 3.88. The highest BCUT2D eigenvalue weighted by Gasteiger charge is 2.17. The first kappa shape index (κ1) is 16.9. The van der Waals surface area contributed by atoms with Crippen molar-refractivity contribution in [2.24, 2.45) is 7.05 Å². The zero-order valence-electron chi connectivity index (χ0n) is 14.5. The number of aromatic nitrogens is 3. The number of nitrogens with zero attached hydrogens (tertiary/aromatic N) is 3. The van der Waals surface area contributed by atoms with Gasteiger partial charge in [0.2, 0.25) is 5.91 Å². The third kappa shape index (κ3) is 4.12. The zero-order chi connectivity index (χ0) is 17.6. The van der Waals surface area contributed by atoms with E-state index in [1.807, 2.05) is 62.6 Å². The van der Waals surface area contributed by atoms with Gasteiger partial charge >= 0.3 is 0 Å². The SMILES string of the molecule is CC[C@@H](C(=O)NCc1ccc(-c2cnn(C)c2)nc1)c1ccccc1. The van der Waals surface area contributed by atoms with Gasteiger partial charge in [0.1, 0.15) is 0 Å². The lowest BCUT2D eigenvalue weighted by atomic mass is 9.95. The number of carbonyl (C=O) groups is 1. The van der Waals surface area contributed by atoms with Gasteiger partial charge in [-0.1, -0.05) is 43.3 Å². The molecule has 0 radical (unpaired) electrons. The minimum atomic E-state index is -0.121. The lowest BCUT2D eigenvalue weighted by Gasteiger charge is -2.15. The van der Waals surface area contributed by atoms with E-state index in [-0.39, 0.29) is 11.8 Å². The van der Waals surface area contributed by atoms with Gasteiger partial charge in [0, 0.05) is 31.5 Å². The third-order valence-corrected chi connectivity index (χ3v) is 4.22. The summed E-state index contributed by atoms with van der Waals surface area (Å²) >= 11 is 0. The summed E-state index contributed by atoms with van der Waals surface area (Å²) in [5.74, 6) is -0.0751. The van der Waals surface area contributed by atoms with E-state index >= 15 is 0 Å². The average Bonchev–Trinajstić information content (AvgIpc) is 3.08. The van der Waals surface area contributed by atoms with Crippen LogP contribution in [0.2, 0.25) is 0 Å². The standard InChI is InChI=1S/C20H22N4O/c1-3-18(16-7-5-4-6-8-16)20(25)22-12-15-9-10-19(21-11-15)17-13-23-24(2)14-17/h4-11,13-14,18H,3,12H2,1-2H3,(H,22,25)/t18-/m1/s1. The summed E-state index contributed by atoms with van der Waals surface area (Å²) in [7, 11) is 1.88. The van der Waals surface area contributed by atoms with Crippen LogP contribution in [-0.2, 0) is 18.4 Å². The van der Waals surface area contributed by atoms with Gasteiger partial charge in [0.25, 0.3) is 0 Å². The molecule has 2 aromatic heterocycles.